The van der Waals surface area contributed by atoms with Crippen LogP contribution in [0.4, 0.5) is 0 Å². The average Bonchev–Trinajstić information content (AvgIpc) is 2.92. The van der Waals surface area contributed by atoms with Crippen molar-refractivity contribution in [2.45, 2.75) is 39.5 Å². The molecule has 96 valence electrons. The zero-order valence-electron chi connectivity index (χ0n) is 10.6. The maximum atomic E-state index is 2.31. The molecule has 0 aliphatic heterocycles. The second-order valence-electron chi connectivity index (χ2n) is 3.77. The van der Waals surface area contributed by atoms with E-state index in [0.717, 1.165) is 0 Å². The molecule has 2 aliphatic carbocycles. The summed E-state index contributed by atoms with van der Waals surface area (Å²) in [6, 6.07) is 0. The first-order valence-corrected chi connectivity index (χ1v) is 8.31. The van der Waals surface area contributed by atoms with Gasteiger partial charge in [-0.05, 0) is 0 Å². The van der Waals surface area contributed by atoms with E-state index >= 15 is 0 Å². The van der Waals surface area contributed by atoms with Gasteiger partial charge in [-0.1, -0.05) is 26.7 Å². The predicted molar refractivity (Wildman–Crippen MR) is 78.8 cm³/mol. The molecule has 2 rings (SSSR count). The summed E-state index contributed by atoms with van der Waals surface area (Å²) in [6.07, 6.45) is 18.7. The molecule has 0 aromatic rings. The molecule has 3 heteroatoms. The van der Waals surface area contributed by atoms with Gasteiger partial charge in [0, 0.05) is 0 Å². The van der Waals surface area contributed by atoms with Gasteiger partial charge < -0.3 is 0 Å². The minimum Gasteiger partial charge on any atom is -0.147 e. The van der Waals surface area contributed by atoms with Crippen LogP contribution in [-0.2, 0) is 23.2 Å². The van der Waals surface area contributed by atoms with E-state index in [1.807, 2.05) is 0 Å². The van der Waals surface area contributed by atoms with Crippen LogP contribution in [-0.4, -0.2) is 0 Å². The van der Waals surface area contributed by atoms with Gasteiger partial charge in [0.15, 0.2) is 0 Å². The Labute approximate surface area is 130 Å². The van der Waals surface area contributed by atoms with Crippen molar-refractivity contribution < 1.29 is 23.2 Å². The zero-order valence-corrected chi connectivity index (χ0v) is 14.7. The van der Waals surface area contributed by atoms with Gasteiger partial charge in [-0.15, -0.1) is 24.8 Å². The molecule has 0 bridgehead atoms. The Morgan fingerprint density at radius 2 is 1.29 bits per heavy atom. The van der Waals surface area contributed by atoms with Crippen LogP contribution in [0.3, 0.4) is 0 Å². The molecule has 0 nitrogen and oxygen atoms in total. The smallest absolute Gasteiger partial charge is 0.0564 e. The van der Waals surface area contributed by atoms with E-state index in [2.05, 4.69) is 50.3 Å². The van der Waals surface area contributed by atoms with Gasteiger partial charge in [0.2, 0.25) is 0 Å². The molecule has 0 saturated heterocycles. The number of unbranched alkanes of at least 4 members (excludes halogenated alkanes) is 1. The van der Waals surface area contributed by atoms with Gasteiger partial charge in [0.1, 0.15) is 0 Å². The second-order valence-corrected chi connectivity index (χ2v) is 7.55. The molecular weight excluding hydrogens is 330 g/mol. The van der Waals surface area contributed by atoms with E-state index < -0.39 is 0 Å². The summed E-state index contributed by atoms with van der Waals surface area (Å²) in [6.45, 7) is 4.36. The van der Waals surface area contributed by atoms with Gasteiger partial charge >= 0.3 is 79.1 Å². The summed E-state index contributed by atoms with van der Waals surface area (Å²) in [5.41, 5.74) is 0. The molecule has 0 atom stereocenters. The topological polar surface area (TPSA) is 0 Å². The van der Waals surface area contributed by atoms with Crippen LogP contribution in [0.2, 0.25) is 0 Å². The third kappa shape index (κ3) is 9.06. The second kappa shape index (κ2) is 12.9. The van der Waals surface area contributed by atoms with Gasteiger partial charge in [-0.25, -0.2) is 0 Å². The van der Waals surface area contributed by atoms with Crippen LogP contribution in [0.15, 0.2) is 43.0 Å². The number of rotatable bonds is 3. The molecule has 0 amide bonds. The Kier molecular flexibility index (Phi) is 15.0. The standard InChI is InChI=1S/2C5H5.C4H10.2ClH.Zr/c2*1-2-4-5-3-1;1-3-4-2;;;/h2*1-3H,4H2;3-4H2,1-2H3;2*1H;. The summed E-state index contributed by atoms with van der Waals surface area (Å²) < 4.78 is 3.45. The third-order valence-corrected chi connectivity index (χ3v) is 5.77. The molecule has 0 aromatic heterocycles. The molecule has 0 unspecified atom stereocenters. The largest absolute Gasteiger partial charge is 0.147 e. The molecule has 0 radical (unpaired) electrons. The van der Waals surface area contributed by atoms with Crippen molar-refractivity contribution in [3.63, 3.8) is 0 Å². The Morgan fingerprint density at radius 1 is 0.882 bits per heavy atom. The van der Waals surface area contributed by atoms with Crippen LogP contribution in [0.5, 0.6) is 0 Å². The minimum atomic E-state index is -0.312. The van der Waals surface area contributed by atoms with Crippen molar-refractivity contribution in [1.29, 1.82) is 0 Å². The van der Waals surface area contributed by atoms with E-state index in [0.29, 0.717) is 0 Å². The summed E-state index contributed by atoms with van der Waals surface area (Å²) in [5.74, 6) is 0. The molecule has 0 spiro atoms. The predicted octanol–water partition coefficient (Wildman–Crippen LogP) is 5.41. The Bertz CT molecular complexity index is 271. The van der Waals surface area contributed by atoms with Crippen LogP contribution < -0.4 is 0 Å². The first-order chi connectivity index (χ1) is 7.36. The third-order valence-electron chi connectivity index (χ3n) is 2.36. The number of hydrogen-bond acceptors (Lipinski definition) is 0. The Balaban J connectivity index is 0. The van der Waals surface area contributed by atoms with E-state index in [1.165, 1.54) is 25.7 Å². The normalized spacial score (nSPS) is 14.9. The van der Waals surface area contributed by atoms with Gasteiger partial charge in [-0.2, -0.15) is 0 Å². The molecule has 0 saturated carbocycles. The monoisotopic (exact) mass is 350 g/mol. The van der Waals surface area contributed by atoms with Crippen LogP contribution in [0.1, 0.15) is 39.5 Å². The maximum Gasteiger partial charge on any atom is -0.0564 e. The van der Waals surface area contributed by atoms with Gasteiger partial charge in [0.05, 0.1) is 0 Å². The first kappa shape index (κ1) is 19.8. The zero-order chi connectivity index (χ0) is 10.9. The summed E-state index contributed by atoms with van der Waals surface area (Å²) in [7, 11) is 0. The Hall–Kier alpha value is 0.423. The fraction of sp³-hybridized carbons (Fsp3) is 0.429. The first-order valence-electron chi connectivity index (χ1n) is 5.85. The summed E-state index contributed by atoms with van der Waals surface area (Å²) in [4.78, 5) is 0. The van der Waals surface area contributed by atoms with Crippen molar-refractivity contribution in [3.05, 3.63) is 43.0 Å². The Morgan fingerprint density at radius 3 is 1.53 bits per heavy atom. The summed E-state index contributed by atoms with van der Waals surface area (Å²) >= 11 is -0.312. The average molecular weight is 352 g/mol. The van der Waals surface area contributed by atoms with Crippen molar-refractivity contribution in [1.82, 2.24) is 0 Å². The quantitative estimate of drug-likeness (QED) is 0.637. The minimum absolute atomic E-state index is 0. The molecule has 17 heavy (non-hydrogen) atoms. The molecule has 0 fully saturated rings. The van der Waals surface area contributed by atoms with Gasteiger partial charge in [-0.3, -0.25) is 0 Å². The number of hydrogen-bond donors (Lipinski definition) is 0. The number of halogens is 2. The van der Waals surface area contributed by atoms with Crippen molar-refractivity contribution in [3.8, 4) is 0 Å². The van der Waals surface area contributed by atoms with E-state index in [4.69, 9.17) is 0 Å². The van der Waals surface area contributed by atoms with Crippen LogP contribution in [0.25, 0.3) is 0 Å². The fourth-order valence-electron chi connectivity index (χ4n) is 1.29. The van der Waals surface area contributed by atoms with Crippen molar-refractivity contribution >= 4 is 24.8 Å². The molecule has 0 heterocycles. The number of allylic oxidation sites excluding steroid dienone is 8. The van der Waals surface area contributed by atoms with Crippen LogP contribution in [0, 0.1) is 0 Å². The molecule has 0 N–H and O–H groups in total. The van der Waals surface area contributed by atoms with E-state index in [-0.39, 0.29) is 48.0 Å². The van der Waals surface area contributed by atoms with Gasteiger partial charge in [0.25, 0.3) is 0 Å². The molecular formula is C14H22Cl2Zr. The van der Waals surface area contributed by atoms with E-state index in [1.54, 1.807) is 6.56 Å². The van der Waals surface area contributed by atoms with E-state index in [9.17, 15) is 0 Å². The molecule has 2 aliphatic rings. The SMILES string of the molecule is C1=CC[C]([Zr][C]2=CC=CC2)=C1.CCCC.Cl.Cl. The maximum absolute atomic E-state index is 2.31. The van der Waals surface area contributed by atoms with Crippen molar-refractivity contribution in [2.24, 2.45) is 0 Å². The summed E-state index contributed by atoms with van der Waals surface area (Å²) in [5, 5.41) is 0. The fourth-order valence-corrected chi connectivity index (χ4v) is 4.26. The van der Waals surface area contributed by atoms with Crippen LogP contribution >= 0.6 is 24.8 Å². The molecule has 0 aromatic carbocycles. The van der Waals surface area contributed by atoms with Crippen molar-refractivity contribution in [2.75, 3.05) is 0 Å².